The Morgan fingerprint density at radius 2 is 1.94 bits per heavy atom. The second kappa shape index (κ2) is 5.75. The Bertz CT molecular complexity index is 233. The molecule has 16 heavy (non-hydrogen) atoms. The van der Waals surface area contributed by atoms with Crippen molar-refractivity contribution in [1.29, 1.82) is 0 Å². The van der Waals surface area contributed by atoms with Gasteiger partial charge in [-0.3, -0.25) is 9.69 Å². The molecule has 4 heteroatoms. The number of ketones is 1. The molecule has 0 atom stereocenters. The van der Waals surface area contributed by atoms with Crippen LogP contribution in [0.4, 0.5) is 0 Å². The Hall–Kier alpha value is -0.450. The van der Waals surface area contributed by atoms with Crippen LogP contribution >= 0.6 is 0 Å². The van der Waals surface area contributed by atoms with E-state index < -0.39 is 5.54 Å². The van der Waals surface area contributed by atoms with Crippen LogP contribution in [-0.4, -0.2) is 55.1 Å². The maximum absolute atomic E-state index is 12.1. The van der Waals surface area contributed by atoms with Crippen LogP contribution in [-0.2, 0) is 9.53 Å². The molecule has 4 nitrogen and oxygen atoms in total. The normalized spacial score (nSPS) is 19.1. The Morgan fingerprint density at radius 1 is 1.38 bits per heavy atom. The van der Waals surface area contributed by atoms with Crippen molar-refractivity contribution in [2.45, 2.75) is 39.3 Å². The lowest BCUT2D eigenvalue weighted by Gasteiger charge is -2.40. The molecule has 0 radical (unpaired) electrons. The van der Waals surface area contributed by atoms with Gasteiger partial charge in [0.25, 0.3) is 0 Å². The molecule has 0 bridgehead atoms. The minimum atomic E-state index is -0.406. The Labute approximate surface area is 98.3 Å². The molecule has 1 N–H and O–H groups in total. The predicted octanol–water partition coefficient (Wildman–Crippen LogP) is 0.664. The van der Waals surface area contributed by atoms with E-state index in [0.29, 0.717) is 0 Å². The smallest absolute Gasteiger partial charge is 0.178 e. The van der Waals surface area contributed by atoms with Gasteiger partial charge in [-0.25, -0.2) is 0 Å². The molecule has 1 aliphatic heterocycles. The molecular formula is C12H24N2O2. The molecule has 1 rings (SSSR count). The van der Waals surface area contributed by atoms with Crippen molar-refractivity contribution in [3.8, 4) is 0 Å². The summed E-state index contributed by atoms with van der Waals surface area (Å²) < 4.78 is 5.39. The van der Waals surface area contributed by atoms with Crippen molar-refractivity contribution in [3.63, 3.8) is 0 Å². The first-order valence-corrected chi connectivity index (χ1v) is 6.05. The number of ether oxygens (including phenoxy) is 1. The number of nitrogens with zero attached hydrogens (tertiary/aromatic N) is 1. The van der Waals surface area contributed by atoms with Crippen molar-refractivity contribution >= 4 is 5.78 Å². The van der Waals surface area contributed by atoms with Crippen molar-refractivity contribution < 1.29 is 9.53 Å². The first-order valence-electron chi connectivity index (χ1n) is 6.05. The zero-order chi connectivity index (χ0) is 12.2. The number of Topliss-reactive ketones (excluding diaryl/α,β-unsaturated/α-hetero) is 1. The Balaban J connectivity index is 2.50. The van der Waals surface area contributed by atoms with Gasteiger partial charge in [-0.1, -0.05) is 0 Å². The van der Waals surface area contributed by atoms with Gasteiger partial charge in [0.2, 0.25) is 0 Å². The molecule has 0 saturated carbocycles. The van der Waals surface area contributed by atoms with Crippen LogP contribution in [0.2, 0.25) is 0 Å². The summed E-state index contributed by atoms with van der Waals surface area (Å²) in [5.74, 6) is 0.170. The standard InChI is InChI=1S/C12H24N2O2/c1-10(2)16-9-11(15)12(3,4)14-7-5-13-6-8-14/h10,13H,5-9H2,1-4H3. The Morgan fingerprint density at radius 3 is 2.44 bits per heavy atom. The first-order chi connectivity index (χ1) is 7.44. The molecule has 0 aromatic heterocycles. The summed E-state index contributed by atoms with van der Waals surface area (Å²) in [6.45, 7) is 11.9. The maximum Gasteiger partial charge on any atom is 0.178 e. The zero-order valence-corrected chi connectivity index (χ0v) is 10.9. The lowest BCUT2D eigenvalue weighted by Crippen LogP contribution is -2.57. The average Bonchev–Trinajstić information content (AvgIpc) is 2.27. The minimum absolute atomic E-state index is 0.114. The topological polar surface area (TPSA) is 41.6 Å². The number of hydrogen-bond donors (Lipinski definition) is 1. The van der Waals surface area contributed by atoms with E-state index in [4.69, 9.17) is 4.74 Å². The van der Waals surface area contributed by atoms with Gasteiger partial charge in [-0.15, -0.1) is 0 Å². The fourth-order valence-corrected chi connectivity index (χ4v) is 1.82. The monoisotopic (exact) mass is 228 g/mol. The summed E-state index contributed by atoms with van der Waals surface area (Å²) in [7, 11) is 0. The average molecular weight is 228 g/mol. The summed E-state index contributed by atoms with van der Waals surface area (Å²) in [4.78, 5) is 14.3. The van der Waals surface area contributed by atoms with Gasteiger partial charge in [-0.05, 0) is 27.7 Å². The highest BCUT2D eigenvalue weighted by Crippen LogP contribution is 2.16. The van der Waals surface area contributed by atoms with Crippen molar-refractivity contribution in [3.05, 3.63) is 0 Å². The number of nitrogens with one attached hydrogen (secondary N) is 1. The largest absolute Gasteiger partial charge is 0.371 e. The highest BCUT2D eigenvalue weighted by molar-refractivity contribution is 5.88. The summed E-state index contributed by atoms with van der Waals surface area (Å²) >= 11 is 0. The third kappa shape index (κ3) is 3.54. The van der Waals surface area contributed by atoms with E-state index in [1.807, 2.05) is 27.7 Å². The van der Waals surface area contributed by atoms with E-state index in [2.05, 4.69) is 10.2 Å². The Kier molecular flexibility index (Phi) is 4.89. The van der Waals surface area contributed by atoms with E-state index in [9.17, 15) is 4.79 Å². The van der Waals surface area contributed by atoms with Crippen molar-refractivity contribution in [1.82, 2.24) is 10.2 Å². The van der Waals surface area contributed by atoms with Gasteiger partial charge in [0.05, 0.1) is 11.6 Å². The highest BCUT2D eigenvalue weighted by Gasteiger charge is 2.34. The van der Waals surface area contributed by atoms with Crippen molar-refractivity contribution in [2.24, 2.45) is 0 Å². The van der Waals surface area contributed by atoms with E-state index in [1.165, 1.54) is 0 Å². The summed E-state index contributed by atoms with van der Waals surface area (Å²) in [6, 6.07) is 0. The van der Waals surface area contributed by atoms with Gasteiger partial charge in [0.15, 0.2) is 5.78 Å². The molecule has 0 amide bonds. The van der Waals surface area contributed by atoms with Crippen LogP contribution in [0, 0.1) is 0 Å². The molecular weight excluding hydrogens is 204 g/mol. The number of piperazine rings is 1. The second-order valence-electron chi connectivity index (χ2n) is 5.08. The zero-order valence-electron chi connectivity index (χ0n) is 10.9. The van der Waals surface area contributed by atoms with E-state index in [-0.39, 0.29) is 18.5 Å². The molecule has 1 aliphatic rings. The fraction of sp³-hybridized carbons (Fsp3) is 0.917. The number of hydrogen-bond acceptors (Lipinski definition) is 4. The van der Waals surface area contributed by atoms with Gasteiger partial charge in [-0.2, -0.15) is 0 Å². The first kappa shape index (κ1) is 13.6. The molecule has 1 heterocycles. The molecule has 0 unspecified atom stereocenters. The molecule has 94 valence electrons. The third-order valence-electron chi connectivity index (χ3n) is 3.14. The minimum Gasteiger partial charge on any atom is -0.371 e. The third-order valence-corrected chi connectivity index (χ3v) is 3.14. The van der Waals surface area contributed by atoms with Crippen LogP contribution < -0.4 is 5.32 Å². The number of carbonyl (C=O) groups is 1. The second-order valence-corrected chi connectivity index (χ2v) is 5.08. The number of rotatable bonds is 5. The van der Waals surface area contributed by atoms with Gasteiger partial charge in [0.1, 0.15) is 6.61 Å². The van der Waals surface area contributed by atoms with Gasteiger partial charge in [0, 0.05) is 26.2 Å². The van der Waals surface area contributed by atoms with E-state index in [0.717, 1.165) is 26.2 Å². The van der Waals surface area contributed by atoms with Crippen molar-refractivity contribution in [2.75, 3.05) is 32.8 Å². The van der Waals surface area contributed by atoms with Crippen LogP contribution in [0.1, 0.15) is 27.7 Å². The number of carbonyl (C=O) groups excluding carboxylic acids is 1. The van der Waals surface area contributed by atoms with E-state index in [1.54, 1.807) is 0 Å². The maximum atomic E-state index is 12.1. The predicted molar refractivity (Wildman–Crippen MR) is 64.6 cm³/mol. The lowest BCUT2D eigenvalue weighted by atomic mass is 9.96. The summed E-state index contributed by atoms with van der Waals surface area (Å²) in [6.07, 6.45) is 0.114. The quantitative estimate of drug-likeness (QED) is 0.751. The van der Waals surface area contributed by atoms with Crippen LogP contribution in [0.3, 0.4) is 0 Å². The lowest BCUT2D eigenvalue weighted by molar-refractivity contribution is -0.136. The fourth-order valence-electron chi connectivity index (χ4n) is 1.82. The van der Waals surface area contributed by atoms with Crippen LogP contribution in [0.5, 0.6) is 0 Å². The molecule has 0 aromatic carbocycles. The molecule has 0 aliphatic carbocycles. The SMILES string of the molecule is CC(C)OCC(=O)C(C)(C)N1CCNCC1. The van der Waals surface area contributed by atoms with Crippen LogP contribution in [0.15, 0.2) is 0 Å². The molecule has 1 saturated heterocycles. The van der Waals surface area contributed by atoms with Gasteiger partial charge < -0.3 is 10.1 Å². The highest BCUT2D eigenvalue weighted by atomic mass is 16.5. The summed E-state index contributed by atoms with van der Waals surface area (Å²) in [5, 5.41) is 3.29. The molecule has 1 fully saturated rings. The van der Waals surface area contributed by atoms with Gasteiger partial charge >= 0.3 is 0 Å². The van der Waals surface area contributed by atoms with E-state index >= 15 is 0 Å². The molecule has 0 spiro atoms. The van der Waals surface area contributed by atoms with Crippen LogP contribution in [0.25, 0.3) is 0 Å². The summed E-state index contributed by atoms with van der Waals surface area (Å²) in [5.41, 5.74) is -0.406. The molecule has 0 aromatic rings.